The summed E-state index contributed by atoms with van der Waals surface area (Å²) in [7, 11) is 0. The maximum Gasteiger partial charge on any atom is 0.320 e. The molecule has 1 aromatic heterocycles. The van der Waals surface area contributed by atoms with Crippen LogP contribution < -0.4 is 10.6 Å². The first-order valence-corrected chi connectivity index (χ1v) is 6.48. The zero-order chi connectivity index (χ0) is 14.4. The third-order valence-electron chi connectivity index (χ3n) is 2.92. The average Bonchev–Trinajstić information content (AvgIpc) is 2.48. The molecule has 0 spiro atoms. The van der Waals surface area contributed by atoms with Crippen LogP contribution in [-0.2, 0) is 9.53 Å². The first-order chi connectivity index (χ1) is 9.65. The maximum atomic E-state index is 11.8. The van der Waals surface area contributed by atoms with E-state index in [9.17, 15) is 9.59 Å². The van der Waals surface area contributed by atoms with Crippen molar-refractivity contribution in [2.75, 3.05) is 38.2 Å². The van der Waals surface area contributed by atoms with Crippen molar-refractivity contribution < 1.29 is 14.3 Å². The molecule has 7 heteroatoms. The molecule has 108 valence electrons. The highest BCUT2D eigenvalue weighted by Gasteiger charge is 2.17. The number of amides is 3. The number of carbonyl (C=O) groups excluding carboxylic acids is 2. The summed E-state index contributed by atoms with van der Waals surface area (Å²) in [5, 5.41) is 5.09. The van der Waals surface area contributed by atoms with E-state index in [1.807, 2.05) is 13.0 Å². The minimum absolute atomic E-state index is 0.0301. The number of pyridine rings is 1. The molecule has 1 saturated heterocycles. The zero-order valence-corrected chi connectivity index (χ0v) is 11.4. The van der Waals surface area contributed by atoms with Gasteiger partial charge in [0, 0.05) is 19.3 Å². The summed E-state index contributed by atoms with van der Waals surface area (Å²) in [6, 6.07) is 3.11. The van der Waals surface area contributed by atoms with E-state index in [1.165, 1.54) is 0 Å². The molecule has 0 aromatic carbocycles. The van der Waals surface area contributed by atoms with E-state index in [2.05, 4.69) is 15.6 Å². The number of nitrogens with one attached hydrogen (secondary N) is 2. The number of aryl methyl sites for hydroxylation is 1. The Bertz CT molecular complexity index is 469. The molecule has 0 radical (unpaired) electrons. The highest BCUT2D eigenvalue weighted by molar-refractivity contribution is 5.91. The van der Waals surface area contributed by atoms with Gasteiger partial charge in [0.2, 0.25) is 5.91 Å². The normalized spacial score (nSPS) is 14.8. The van der Waals surface area contributed by atoms with Crippen LogP contribution in [0.2, 0.25) is 0 Å². The molecule has 0 aliphatic carbocycles. The van der Waals surface area contributed by atoms with Crippen LogP contribution in [0.3, 0.4) is 0 Å². The van der Waals surface area contributed by atoms with E-state index < -0.39 is 6.03 Å². The van der Waals surface area contributed by atoms with Crippen LogP contribution in [0.4, 0.5) is 10.6 Å². The molecule has 1 aliphatic rings. The van der Waals surface area contributed by atoms with Gasteiger partial charge in [-0.1, -0.05) is 6.07 Å². The third kappa shape index (κ3) is 4.20. The fraction of sp³-hybridized carbons (Fsp3) is 0.462. The van der Waals surface area contributed by atoms with Crippen molar-refractivity contribution in [3.05, 3.63) is 23.9 Å². The van der Waals surface area contributed by atoms with Crippen molar-refractivity contribution in [2.24, 2.45) is 0 Å². The van der Waals surface area contributed by atoms with Crippen LogP contribution in [-0.4, -0.2) is 54.7 Å². The monoisotopic (exact) mass is 278 g/mol. The molecular weight excluding hydrogens is 260 g/mol. The number of rotatable bonds is 3. The average molecular weight is 278 g/mol. The first-order valence-electron chi connectivity index (χ1n) is 6.48. The Labute approximate surface area is 117 Å². The summed E-state index contributed by atoms with van der Waals surface area (Å²) in [6.07, 6.45) is 1.66. The largest absolute Gasteiger partial charge is 0.378 e. The first kappa shape index (κ1) is 14.3. The van der Waals surface area contributed by atoms with Gasteiger partial charge in [-0.2, -0.15) is 0 Å². The lowest BCUT2D eigenvalue weighted by atomic mass is 10.3. The molecule has 20 heavy (non-hydrogen) atoms. The lowest BCUT2D eigenvalue weighted by Gasteiger charge is -2.26. The highest BCUT2D eigenvalue weighted by atomic mass is 16.5. The number of anilines is 1. The Hall–Kier alpha value is -2.15. The quantitative estimate of drug-likeness (QED) is 0.836. The molecule has 0 bridgehead atoms. The van der Waals surface area contributed by atoms with Crippen LogP contribution in [0.1, 0.15) is 5.56 Å². The van der Waals surface area contributed by atoms with Gasteiger partial charge in [-0.15, -0.1) is 0 Å². The molecule has 1 fully saturated rings. The number of carbonyl (C=O) groups is 2. The molecule has 2 heterocycles. The fourth-order valence-corrected chi connectivity index (χ4v) is 1.78. The Morgan fingerprint density at radius 1 is 1.35 bits per heavy atom. The minimum atomic E-state index is -0.442. The van der Waals surface area contributed by atoms with E-state index in [4.69, 9.17) is 4.74 Å². The van der Waals surface area contributed by atoms with Crippen LogP contribution in [0, 0.1) is 6.92 Å². The summed E-state index contributed by atoms with van der Waals surface area (Å²) < 4.78 is 5.16. The Balaban J connectivity index is 1.74. The Morgan fingerprint density at radius 3 is 2.75 bits per heavy atom. The zero-order valence-electron chi connectivity index (χ0n) is 11.4. The van der Waals surface area contributed by atoms with Crippen LogP contribution in [0.15, 0.2) is 18.3 Å². The molecule has 1 aliphatic heterocycles. The van der Waals surface area contributed by atoms with Crippen molar-refractivity contribution in [3.63, 3.8) is 0 Å². The second kappa shape index (κ2) is 6.85. The molecule has 0 saturated carbocycles. The van der Waals surface area contributed by atoms with Gasteiger partial charge in [-0.05, 0) is 18.6 Å². The number of ether oxygens (including phenoxy) is 1. The second-order valence-corrected chi connectivity index (χ2v) is 4.52. The SMILES string of the molecule is Cc1ccc(NC(=O)NCC(=O)N2CCOCC2)nc1. The summed E-state index contributed by atoms with van der Waals surface area (Å²) in [4.78, 5) is 29.2. The molecule has 2 rings (SSSR count). The van der Waals surface area contributed by atoms with Crippen molar-refractivity contribution in [1.82, 2.24) is 15.2 Å². The van der Waals surface area contributed by atoms with E-state index in [1.54, 1.807) is 17.2 Å². The van der Waals surface area contributed by atoms with Crippen molar-refractivity contribution >= 4 is 17.8 Å². The van der Waals surface area contributed by atoms with E-state index >= 15 is 0 Å². The van der Waals surface area contributed by atoms with Crippen LogP contribution >= 0.6 is 0 Å². The topological polar surface area (TPSA) is 83.6 Å². The lowest BCUT2D eigenvalue weighted by Crippen LogP contribution is -2.46. The number of nitrogens with zero attached hydrogens (tertiary/aromatic N) is 2. The van der Waals surface area contributed by atoms with Gasteiger partial charge in [0.1, 0.15) is 5.82 Å². The van der Waals surface area contributed by atoms with Gasteiger partial charge >= 0.3 is 6.03 Å². The molecular formula is C13H18N4O3. The van der Waals surface area contributed by atoms with Gasteiger partial charge in [-0.25, -0.2) is 9.78 Å². The molecule has 3 amide bonds. The highest BCUT2D eigenvalue weighted by Crippen LogP contribution is 2.03. The van der Waals surface area contributed by atoms with Gasteiger partial charge in [0.05, 0.1) is 19.8 Å². The van der Waals surface area contributed by atoms with Crippen molar-refractivity contribution in [1.29, 1.82) is 0 Å². The molecule has 0 atom stereocenters. The summed E-state index contributed by atoms with van der Waals surface area (Å²) >= 11 is 0. The summed E-state index contributed by atoms with van der Waals surface area (Å²) in [5.74, 6) is 0.340. The Morgan fingerprint density at radius 2 is 2.10 bits per heavy atom. The Kier molecular flexibility index (Phi) is 4.89. The molecule has 0 unspecified atom stereocenters. The third-order valence-corrected chi connectivity index (χ3v) is 2.92. The standard InChI is InChI=1S/C13H18N4O3/c1-10-2-3-11(14-8-10)16-13(19)15-9-12(18)17-4-6-20-7-5-17/h2-3,8H,4-7,9H2,1H3,(H2,14,15,16,19). The van der Waals surface area contributed by atoms with Crippen molar-refractivity contribution in [3.8, 4) is 0 Å². The van der Waals surface area contributed by atoms with Crippen LogP contribution in [0.5, 0.6) is 0 Å². The minimum Gasteiger partial charge on any atom is -0.378 e. The van der Waals surface area contributed by atoms with Gasteiger partial charge < -0.3 is 15.0 Å². The van der Waals surface area contributed by atoms with Gasteiger partial charge in [-0.3, -0.25) is 10.1 Å². The number of aromatic nitrogens is 1. The number of hydrogen-bond donors (Lipinski definition) is 2. The maximum absolute atomic E-state index is 11.8. The summed E-state index contributed by atoms with van der Waals surface area (Å²) in [6.45, 7) is 4.12. The smallest absolute Gasteiger partial charge is 0.320 e. The number of hydrogen-bond acceptors (Lipinski definition) is 4. The van der Waals surface area contributed by atoms with Crippen molar-refractivity contribution in [2.45, 2.75) is 6.92 Å². The van der Waals surface area contributed by atoms with Gasteiger partial charge in [0.15, 0.2) is 0 Å². The number of urea groups is 1. The van der Waals surface area contributed by atoms with Crippen LogP contribution in [0.25, 0.3) is 0 Å². The fourth-order valence-electron chi connectivity index (χ4n) is 1.78. The summed E-state index contributed by atoms with van der Waals surface area (Å²) in [5.41, 5.74) is 1.01. The lowest BCUT2D eigenvalue weighted by molar-refractivity contribution is -0.134. The predicted octanol–water partition coefficient (Wildman–Crippen LogP) is 0.370. The predicted molar refractivity (Wildman–Crippen MR) is 73.4 cm³/mol. The van der Waals surface area contributed by atoms with Gasteiger partial charge in [0.25, 0.3) is 0 Å². The second-order valence-electron chi connectivity index (χ2n) is 4.52. The van der Waals surface area contributed by atoms with E-state index in [0.717, 1.165) is 5.56 Å². The molecule has 2 N–H and O–H groups in total. The molecule has 1 aromatic rings. The molecule has 7 nitrogen and oxygen atoms in total. The van der Waals surface area contributed by atoms with E-state index in [0.29, 0.717) is 32.1 Å². The number of morpholine rings is 1. The van der Waals surface area contributed by atoms with E-state index in [-0.39, 0.29) is 12.5 Å².